The number of nitriles is 1. The predicted molar refractivity (Wildman–Crippen MR) is 67.0 cm³/mol. The molecule has 0 spiro atoms. The molecule has 2 rings (SSSR count). The lowest BCUT2D eigenvalue weighted by molar-refractivity contribution is 1.50. The van der Waals surface area contributed by atoms with Crippen molar-refractivity contribution in [3.05, 3.63) is 31.1 Å². The second kappa shape index (κ2) is 3.56. The van der Waals surface area contributed by atoms with E-state index < -0.39 is 0 Å². The Kier molecular flexibility index (Phi) is 2.58. The molecule has 1 aromatic heterocycles. The summed E-state index contributed by atoms with van der Waals surface area (Å²) in [5, 5.41) is 9.98. The molecule has 0 aliphatic carbocycles. The lowest BCUT2D eigenvalue weighted by Gasteiger charge is -1.92. The Labute approximate surface area is 102 Å². The van der Waals surface area contributed by atoms with Crippen molar-refractivity contribution in [1.82, 2.24) is 0 Å². The maximum atomic E-state index is 8.91. The van der Waals surface area contributed by atoms with E-state index in [0.29, 0.717) is 0 Å². The molecule has 4 heteroatoms. The Morgan fingerprint density at radius 1 is 1.46 bits per heavy atom. The number of nitrogens with zero attached hydrogens (tertiary/aromatic N) is 1. The fourth-order valence-corrected chi connectivity index (χ4v) is 3.84. The summed E-state index contributed by atoms with van der Waals surface area (Å²) in [6.07, 6.45) is 0. The normalized spacial score (nSPS) is 10.2. The van der Waals surface area contributed by atoms with Crippen LogP contribution in [0.15, 0.2) is 22.0 Å². The monoisotopic (exact) mass is 363 g/mol. The number of hydrogen-bond donors (Lipinski definition) is 0. The molecular formula is C9H3BrINS. The van der Waals surface area contributed by atoms with Gasteiger partial charge in [0.25, 0.3) is 0 Å². The largest absolute Gasteiger partial charge is 0.192 e. The quantitative estimate of drug-likeness (QED) is 0.645. The molecule has 0 aliphatic heterocycles. The van der Waals surface area contributed by atoms with Crippen LogP contribution in [-0.2, 0) is 0 Å². The van der Waals surface area contributed by atoms with Crippen molar-refractivity contribution in [2.24, 2.45) is 0 Å². The van der Waals surface area contributed by atoms with E-state index in [-0.39, 0.29) is 0 Å². The van der Waals surface area contributed by atoms with E-state index in [1.54, 1.807) is 11.3 Å². The minimum Gasteiger partial charge on any atom is -0.192 e. The Hall–Kier alpha value is -0.120. The van der Waals surface area contributed by atoms with Crippen molar-refractivity contribution in [1.29, 1.82) is 5.26 Å². The molecule has 0 aliphatic rings. The van der Waals surface area contributed by atoms with Crippen LogP contribution in [0.3, 0.4) is 0 Å². The molecule has 0 unspecified atom stereocenters. The first-order chi connectivity index (χ1) is 6.24. The highest BCUT2D eigenvalue weighted by Gasteiger charge is 2.10. The molecule has 2 aromatic rings. The number of fused-ring (bicyclic) bond motifs is 1. The summed E-state index contributed by atoms with van der Waals surface area (Å²) >= 11 is 7.40. The van der Waals surface area contributed by atoms with Crippen LogP contribution in [-0.4, -0.2) is 0 Å². The lowest BCUT2D eigenvalue weighted by Crippen LogP contribution is -1.76. The molecule has 13 heavy (non-hydrogen) atoms. The number of rotatable bonds is 0. The van der Waals surface area contributed by atoms with Gasteiger partial charge in [-0.15, -0.1) is 11.3 Å². The third-order valence-corrected chi connectivity index (χ3v) is 5.75. The Balaban J connectivity index is 2.97. The van der Waals surface area contributed by atoms with Crippen LogP contribution in [0.5, 0.6) is 0 Å². The Morgan fingerprint density at radius 2 is 2.23 bits per heavy atom. The molecule has 0 saturated carbocycles. The highest BCUT2D eigenvalue weighted by atomic mass is 127. The van der Waals surface area contributed by atoms with Gasteiger partial charge < -0.3 is 0 Å². The predicted octanol–water partition coefficient (Wildman–Crippen LogP) is 4.14. The average Bonchev–Trinajstić information content (AvgIpc) is 2.43. The summed E-state index contributed by atoms with van der Waals surface area (Å²) in [6.45, 7) is 0. The van der Waals surface area contributed by atoms with E-state index in [1.807, 2.05) is 18.2 Å². The fraction of sp³-hybridized carbons (Fsp3) is 0. The molecule has 1 heterocycles. The van der Waals surface area contributed by atoms with Gasteiger partial charge in [0.1, 0.15) is 0 Å². The van der Waals surface area contributed by atoms with Gasteiger partial charge in [0.2, 0.25) is 0 Å². The van der Waals surface area contributed by atoms with E-state index in [0.717, 1.165) is 23.0 Å². The summed E-state index contributed by atoms with van der Waals surface area (Å²) in [6, 6.07) is 8.01. The molecule has 0 atom stereocenters. The van der Waals surface area contributed by atoms with Crippen LogP contribution in [0.4, 0.5) is 0 Å². The van der Waals surface area contributed by atoms with E-state index in [4.69, 9.17) is 5.26 Å². The van der Waals surface area contributed by atoms with Crippen LogP contribution >= 0.6 is 49.9 Å². The van der Waals surface area contributed by atoms with Crippen LogP contribution in [0, 0.1) is 14.9 Å². The van der Waals surface area contributed by atoms with Crippen LogP contribution < -0.4 is 0 Å². The van der Waals surface area contributed by atoms with Crippen LogP contribution in [0.25, 0.3) is 10.1 Å². The maximum absolute atomic E-state index is 8.91. The summed E-state index contributed by atoms with van der Waals surface area (Å²) in [5.74, 6) is 0. The van der Waals surface area contributed by atoms with Crippen molar-refractivity contribution in [2.45, 2.75) is 0 Å². The highest BCUT2D eigenvalue weighted by molar-refractivity contribution is 14.1. The zero-order valence-electron chi connectivity index (χ0n) is 6.34. The van der Waals surface area contributed by atoms with Crippen LogP contribution in [0.1, 0.15) is 5.56 Å². The van der Waals surface area contributed by atoms with Gasteiger partial charge in [-0.1, -0.05) is 6.07 Å². The second-order valence-electron chi connectivity index (χ2n) is 2.48. The van der Waals surface area contributed by atoms with Crippen molar-refractivity contribution >= 4 is 59.9 Å². The van der Waals surface area contributed by atoms with Gasteiger partial charge in [-0.3, -0.25) is 0 Å². The third kappa shape index (κ3) is 1.49. The standard InChI is InChI=1S/C9H3BrINS/c10-9-8(11)7-5(4-12)2-1-3-6(7)13-9/h1-3H. The van der Waals surface area contributed by atoms with Crippen molar-refractivity contribution in [3.8, 4) is 6.07 Å². The molecular weight excluding hydrogens is 361 g/mol. The highest BCUT2D eigenvalue weighted by Crippen LogP contribution is 2.37. The summed E-state index contributed by atoms with van der Waals surface area (Å²) in [5.41, 5.74) is 0.754. The zero-order chi connectivity index (χ0) is 9.42. The molecule has 64 valence electrons. The van der Waals surface area contributed by atoms with Crippen LogP contribution in [0.2, 0.25) is 0 Å². The number of thiophene rings is 1. The SMILES string of the molecule is N#Cc1cccc2sc(Br)c(I)c12. The van der Waals surface area contributed by atoms with E-state index in [1.165, 1.54) is 0 Å². The first kappa shape index (κ1) is 9.44. The molecule has 0 saturated heterocycles. The summed E-state index contributed by atoms with van der Waals surface area (Å²) in [7, 11) is 0. The number of hydrogen-bond acceptors (Lipinski definition) is 2. The second-order valence-corrected chi connectivity index (χ2v) is 5.93. The number of halogens is 2. The van der Waals surface area contributed by atoms with Gasteiger partial charge in [-0.05, 0) is 50.7 Å². The molecule has 0 fully saturated rings. The van der Waals surface area contributed by atoms with Gasteiger partial charge in [-0.2, -0.15) is 5.26 Å². The molecule has 0 N–H and O–H groups in total. The first-order valence-corrected chi connectivity index (χ1v) is 6.19. The van der Waals surface area contributed by atoms with E-state index in [9.17, 15) is 0 Å². The van der Waals surface area contributed by atoms with Crippen molar-refractivity contribution in [3.63, 3.8) is 0 Å². The smallest absolute Gasteiger partial charge is 0.0998 e. The first-order valence-electron chi connectivity index (χ1n) is 3.50. The van der Waals surface area contributed by atoms with Gasteiger partial charge in [0, 0.05) is 13.7 Å². The number of benzene rings is 1. The van der Waals surface area contributed by atoms with Crippen molar-refractivity contribution < 1.29 is 0 Å². The van der Waals surface area contributed by atoms with E-state index in [2.05, 4.69) is 44.6 Å². The van der Waals surface area contributed by atoms with Gasteiger partial charge in [0.05, 0.1) is 15.4 Å². The minimum atomic E-state index is 0.754. The van der Waals surface area contributed by atoms with Gasteiger partial charge in [-0.25, -0.2) is 0 Å². The van der Waals surface area contributed by atoms with Gasteiger partial charge in [0.15, 0.2) is 0 Å². The Morgan fingerprint density at radius 3 is 2.92 bits per heavy atom. The lowest BCUT2D eigenvalue weighted by atomic mass is 10.1. The zero-order valence-corrected chi connectivity index (χ0v) is 10.9. The maximum Gasteiger partial charge on any atom is 0.0998 e. The molecule has 0 bridgehead atoms. The third-order valence-electron chi connectivity index (χ3n) is 1.74. The Bertz CT molecular complexity index is 512. The van der Waals surface area contributed by atoms with Crippen molar-refractivity contribution in [2.75, 3.05) is 0 Å². The topological polar surface area (TPSA) is 23.8 Å². The summed E-state index contributed by atoms with van der Waals surface area (Å²) in [4.78, 5) is 0. The minimum absolute atomic E-state index is 0.754. The molecule has 0 amide bonds. The van der Waals surface area contributed by atoms with Gasteiger partial charge >= 0.3 is 0 Å². The molecule has 0 radical (unpaired) electrons. The fourth-order valence-electron chi connectivity index (χ4n) is 1.18. The molecule has 1 nitrogen and oxygen atoms in total. The average molecular weight is 364 g/mol. The van der Waals surface area contributed by atoms with E-state index >= 15 is 0 Å². The molecule has 1 aromatic carbocycles. The summed E-state index contributed by atoms with van der Waals surface area (Å²) < 4.78 is 3.40.